The van der Waals surface area contributed by atoms with E-state index in [0.29, 0.717) is 6.54 Å². The van der Waals surface area contributed by atoms with Gasteiger partial charge in [-0.15, -0.1) is 0 Å². The fourth-order valence-electron chi connectivity index (χ4n) is 2.46. The molecule has 114 valence electrons. The highest BCUT2D eigenvalue weighted by Crippen LogP contribution is 2.30. The van der Waals surface area contributed by atoms with Gasteiger partial charge in [-0.25, -0.2) is 0 Å². The smallest absolute Gasteiger partial charge is 0.227 e. The zero-order valence-corrected chi connectivity index (χ0v) is 15.1. The molecule has 1 aromatic rings. The third kappa shape index (κ3) is 3.70. The summed E-state index contributed by atoms with van der Waals surface area (Å²) in [6.07, 6.45) is 0.231. The van der Waals surface area contributed by atoms with Crippen molar-refractivity contribution in [2.24, 2.45) is 0 Å². The summed E-state index contributed by atoms with van der Waals surface area (Å²) in [6, 6.07) is 7.39. The van der Waals surface area contributed by atoms with Crippen LogP contribution in [0, 0.1) is 0 Å². The number of carbonyl (C=O) groups excluding carboxylic acids is 2. The minimum atomic E-state index is -0.555. The van der Waals surface area contributed by atoms with Gasteiger partial charge in [-0.3, -0.25) is 9.59 Å². The minimum Gasteiger partial charge on any atom is -0.327 e. The second-order valence-corrected chi connectivity index (χ2v) is 9.23. The highest BCUT2D eigenvalue weighted by atomic mass is 79.9. The number of carbonyl (C=O) groups is 2. The van der Waals surface area contributed by atoms with Gasteiger partial charge in [-0.2, -0.15) is 0 Å². The van der Waals surface area contributed by atoms with Crippen molar-refractivity contribution in [2.75, 3.05) is 17.6 Å². The van der Waals surface area contributed by atoms with Crippen LogP contribution in [0.2, 0.25) is 0 Å². The molecule has 0 aliphatic carbocycles. The number of rotatable bonds is 3. The molecule has 2 unspecified atom stereocenters. The van der Waals surface area contributed by atoms with Crippen LogP contribution in [0.5, 0.6) is 0 Å². The van der Waals surface area contributed by atoms with Gasteiger partial charge in [0.1, 0.15) is 0 Å². The summed E-state index contributed by atoms with van der Waals surface area (Å²) in [7, 11) is -0.389. The zero-order valence-electron chi connectivity index (χ0n) is 11.9. The van der Waals surface area contributed by atoms with Gasteiger partial charge >= 0.3 is 0 Å². The summed E-state index contributed by atoms with van der Waals surface area (Å²) in [4.78, 5) is 25.2. The van der Waals surface area contributed by atoms with Crippen molar-refractivity contribution < 1.29 is 9.59 Å². The van der Waals surface area contributed by atoms with Crippen molar-refractivity contribution in [2.45, 2.75) is 25.1 Å². The van der Waals surface area contributed by atoms with Crippen LogP contribution in [0.1, 0.15) is 20.3 Å². The normalized spacial score (nSPS) is 24.9. The molecule has 1 aromatic carbocycles. The molecule has 1 aliphatic rings. The van der Waals surface area contributed by atoms with Crippen molar-refractivity contribution in [3.05, 3.63) is 28.7 Å². The molecule has 1 N–H and O–H groups in total. The van der Waals surface area contributed by atoms with E-state index in [0.717, 1.165) is 15.9 Å². The van der Waals surface area contributed by atoms with Crippen LogP contribution in [0.4, 0.5) is 5.69 Å². The number of hydrogen-bond acceptors (Lipinski definition) is 3. The molecule has 2 rings (SSSR count). The highest BCUT2D eigenvalue weighted by Gasteiger charge is 2.43. The Hall–Kier alpha value is -0.790. The summed E-state index contributed by atoms with van der Waals surface area (Å²) in [5.41, 5.74) is 0.739. The van der Waals surface area contributed by atoms with E-state index in [1.165, 1.54) is 6.92 Å². The molecule has 0 bridgehead atoms. The lowest BCUT2D eigenvalue weighted by Gasteiger charge is -2.34. The van der Waals surface area contributed by atoms with Gasteiger partial charge in [0.25, 0.3) is 0 Å². The average molecular weight is 389 g/mol. The Morgan fingerprint density at radius 3 is 2.62 bits per heavy atom. The number of hydrogen-bond donors (Lipinski definition) is 1. The van der Waals surface area contributed by atoms with E-state index in [-0.39, 0.29) is 27.7 Å². The lowest BCUT2D eigenvalue weighted by atomic mass is 10.1. The summed E-state index contributed by atoms with van der Waals surface area (Å²) < 4.78 is 0.957. The Kier molecular flexibility index (Phi) is 5.16. The Labute approximate surface area is 140 Å². The first kappa shape index (κ1) is 16.6. The number of nitrogens with one attached hydrogen (secondary N) is 1. The fourth-order valence-corrected chi connectivity index (χ4v) is 4.94. The van der Waals surface area contributed by atoms with Gasteiger partial charge in [-0.05, 0) is 42.4 Å². The van der Waals surface area contributed by atoms with Gasteiger partial charge < -0.3 is 10.2 Å². The first-order chi connectivity index (χ1) is 9.83. The minimum absolute atomic E-state index is 0.0196. The molecule has 1 saturated heterocycles. The number of anilines is 1. The Bertz CT molecular complexity index is 591. The van der Waals surface area contributed by atoms with Crippen molar-refractivity contribution >= 4 is 54.1 Å². The third-order valence-corrected chi connectivity index (χ3v) is 7.56. The molecule has 0 aromatic heterocycles. The molecule has 2 amide bonds. The summed E-state index contributed by atoms with van der Waals surface area (Å²) >= 11 is 8.83. The Morgan fingerprint density at radius 1 is 1.43 bits per heavy atom. The predicted molar refractivity (Wildman–Crippen MR) is 92.8 cm³/mol. The monoisotopic (exact) mass is 388 g/mol. The number of halogens is 1. The Balaban J connectivity index is 2.08. The number of amides is 2. The first-order valence-corrected chi connectivity index (χ1v) is 9.66. The van der Waals surface area contributed by atoms with Crippen molar-refractivity contribution in [3.8, 4) is 0 Å². The molecule has 0 radical (unpaired) electrons. The zero-order chi connectivity index (χ0) is 15.6. The van der Waals surface area contributed by atoms with Gasteiger partial charge in [0.2, 0.25) is 11.8 Å². The van der Waals surface area contributed by atoms with E-state index < -0.39 is 4.87 Å². The van der Waals surface area contributed by atoms with E-state index >= 15 is 0 Å². The average Bonchev–Trinajstić information content (AvgIpc) is 2.68. The van der Waals surface area contributed by atoms with Gasteiger partial charge in [0.15, 0.2) is 0 Å². The molecular formula is C14H17BrN2O2S2. The third-order valence-electron chi connectivity index (χ3n) is 3.56. The predicted octanol–water partition coefficient (Wildman–Crippen LogP) is 2.44. The summed E-state index contributed by atoms with van der Waals surface area (Å²) in [5.74, 6) is 0.654. The molecular weight excluding hydrogens is 372 g/mol. The standard InChI is InChI=1S/C14H17BrN2O2S2/c1-10(18)17-7-8-21(20)14(17,2)9-13(19)16-12-5-3-11(15)4-6-12/h3-6H,7-9H2,1-2H3,(H,16,19). The quantitative estimate of drug-likeness (QED) is 0.864. The number of nitrogens with zero attached hydrogens (tertiary/aromatic N) is 1. The molecule has 21 heavy (non-hydrogen) atoms. The highest BCUT2D eigenvalue weighted by molar-refractivity contribution is 9.10. The van der Waals surface area contributed by atoms with Crippen LogP contribution >= 0.6 is 15.9 Å². The van der Waals surface area contributed by atoms with Crippen molar-refractivity contribution in [3.63, 3.8) is 0 Å². The maximum atomic E-state index is 12.3. The van der Waals surface area contributed by atoms with Crippen LogP contribution < -0.4 is 5.32 Å². The molecule has 1 fully saturated rings. The second kappa shape index (κ2) is 6.54. The van der Waals surface area contributed by atoms with E-state index in [1.54, 1.807) is 4.90 Å². The van der Waals surface area contributed by atoms with E-state index in [2.05, 4.69) is 21.2 Å². The largest absolute Gasteiger partial charge is 0.327 e. The topological polar surface area (TPSA) is 49.4 Å². The number of benzene rings is 1. The van der Waals surface area contributed by atoms with E-state index in [1.807, 2.05) is 31.2 Å². The maximum Gasteiger partial charge on any atom is 0.227 e. The van der Waals surface area contributed by atoms with Crippen LogP contribution in [-0.4, -0.2) is 33.9 Å². The molecule has 2 atom stereocenters. The van der Waals surface area contributed by atoms with E-state index in [9.17, 15) is 9.59 Å². The van der Waals surface area contributed by atoms with Crippen molar-refractivity contribution in [1.82, 2.24) is 4.90 Å². The van der Waals surface area contributed by atoms with Crippen LogP contribution in [0.15, 0.2) is 28.7 Å². The second-order valence-electron chi connectivity index (χ2n) is 5.13. The summed E-state index contributed by atoms with van der Waals surface area (Å²) in [6.45, 7) is 4.09. The molecule has 0 saturated carbocycles. The molecule has 7 heteroatoms. The SMILES string of the molecule is CC(=O)N1CCS(=S)C1(C)CC(=O)Nc1ccc(Br)cc1. The molecule has 0 spiro atoms. The van der Waals surface area contributed by atoms with Crippen molar-refractivity contribution in [1.29, 1.82) is 0 Å². The molecule has 4 nitrogen and oxygen atoms in total. The molecule has 1 aliphatic heterocycles. The molecule has 1 heterocycles. The summed E-state index contributed by atoms with van der Waals surface area (Å²) in [5, 5.41) is 2.86. The Morgan fingerprint density at radius 2 is 2.05 bits per heavy atom. The van der Waals surface area contributed by atoms with Gasteiger partial charge in [0, 0.05) is 29.4 Å². The van der Waals surface area contributed by atoms with E-state index in [4.69, 9.17) is 11.2 Å². The first-order valence-electron chi connectivity index (χ1n) is 6.55. The fraction of sp³-hybridized carbons (Fsp3) is 0.429. The lowest BCUT2D eigenvalue weighted by Crippen LogP contribution is -2.48. The van der Waals surface area contributed by atoms with Crippen LogP contribution in [-0.2, 0) is 30.2 Å². The van der Waals surface area contributed by atoms with Crippen LogP contribution in [0.25, 0.3) is 0 Å². The van der Waals surface area contributed by atoms with Gasteiger partial charge in [0.05, 0.1) is 11.3 Å². The van der Waals surface area contributed by atoms with Gasteiger partial charge in [-0.1, -0.05) is 25.4 Å². The maximum absolute atomic E-state index is 12.3. The van der Waals surface area contributed by atoms with Crippen LogP contribution in [0.3, 0.4) is 0 Å². The lowest BCUT2D eigenvalue weighted by molar-refractivity contribution is -0.131.